The molecule has 2 fully saturated rings. The van der Waals surface area contributed by atoms with Gasteiger partial charge in [0.15, 0.2) is 11.5 Å². The molecule has 3 rings (SSSR count). The minimum absolute atomic E-state index is 0.000571. The van der Waals surface area contributed by atoms with Crippen LogP contribution in [0.2, 0.25) is 0 Å². The van der Waals surface area contributed by atoms with Crippen molar-refractivity contribution >= 4 is 5.91 Å². The number of hydrogen-bond acceptors (Lipinski definition) is 5. The number of likely N-dealkylation sites (tertiary alicyclic amines) is 2. The molecule has 2 saturated heterocycles. The summed E-state index contributed by atoms with van der Waals surface area (Å²) in [5.74, 6) is 0.732. The van der Waals surface area contributed by atoms with Crippen molar-refractivity contribution in [3.05, 3.63) is 17.5 Å². The topological polar surface area (TPSA) is 69.8 Å². The van der Waals surface area contributed by atoms with E-state index in [0.29, 0.717) is 18.3 Å². The molecule has 2 aliphatic rings. The van der Waals surface area contributed by atoms with Crippen LogP contribution in [0.3, 0.4) is 0 Å². The second-order valence-corrected chi connectivity index (χ2v) is 6.74. The van der Waals surface area contributed by atoms with Gasteiger partial charge in [-0.05, 0) is 38.5 Å². The number of aromatic nitrogens is 1. The molecule has 128 valence electrons. The molecule has 2 aliphatic heterocycles. The first-order valence-electron chi connectivity index (χ1n) is 8.84. The Hall–Kier alpha value is -1.40. The highest BCUT2D eigenvalue weighted by atomic mass is 16.5. The van der Waals surface area contributed by atoms with Crippen LogP contribution in [0.5, 0.6) is 0 Å². The van der Waals surface area contributed by atoms with Crippen molar-refractivity contribution in [2.24, 2.45) is 0 Å². The maximum atomic E-state index is 12.7. The lowest BCUT2D eigenvalue weighted by Gasteiger charge is -2.34. The molecule has 1 aromatic heterocycles. The number of amides is 1. The first-order chi connectivity index (χ1) is 11.2. The average molecular weight is 321 g/mol. The standard InChI is InChI=1S/C17H27N3O3/c1-2-13-5-3-4-8-20(13)17(22)16-11-15(23-18-16)12-19-9-6-14(21)7-10-19/h11,13-14,21H,2-10,12H2,1H3/t13-/m0/s1. The Labute approximate surface area is 137 Å². The largest absolute Gasteiger partial charge is 0.393 e. The molecule has 1 amide bonds. The SMILES string of the molecule is CC[C@H]1CCCCN1C(=O)c1cc(CN2CCC(O)CC2)on1. The van der Waals surface area contributed by atoms with Crippen molar-refractivity contribution < 1.29 is 14.4 Å². The third kappa shape index (κ3) is 3.93. The monoisotopic (exact) mass is 321 g/mol. The van der Waals surface area contributed by atoms with Crippen molar-refractivity contribution in [1.82, 2.24) is 15.0 Å². The van der Waals surface area contributed by atoms with Crippen molar-refractivity contribution in [2.45, 2.75) is 64.1 Å². The summed E-state index contributed by atoms with van der Waals surface area (Å²) >= 11 is 0. The molecule has 0 bridgehead atoms. The van der Waals surface area contributed by atoms with E-state index in [9.17, 15) is 9.90 Å². The summed E-state index contributed by atoms with van der Waals surface area (Å²) in [5, 5.41) is 13.5. The zero-order valence-corrected chi connectivity index (χ0v) is 13.9. The highest BCUT2D eigenvalue weighted by Crippen LogP contribution is 2.22. The number of carbonyl (C=O) groups is 1. The molecule has 1 N–H and O–H groups in total. The zero-order chi connectivity index (χ0) is 16.2. The molecule has 1 atom stereocenters. The van der Waals surface area contributed by atoms with E-state index in [1.54, 1.807) is 6.07 Å². The number of carbonyl (C=O) groups excluding carboxylic acids is 1. The number of aliphatic hydroxyl groups is 1. The maximum Gasteiger partial charge on any atom is 0.276 e. The lowest BCUT2D eigenvalue weighted by Crippen LogP contribution is -2.43. The van der Waals surface area contributed by atoms with Crippen LogP contribution in [0.4, 0.5) is 0 Å². The first-order valence-corrected chi connectivity index (χ1v) is 8.84. The third-order valence-electron chi connectivity index (χ3n) is 5.07. The summed E-state index contributed by atoms with van der Waals surface area (Å²) in [4.78, 5) is 16.9. The van der Waals surface area contributed by atoms with Gasteiger partial charge >= 0.3 is 0 Å². The summed E-state index contributed by atoms with van der Waals surface area (Å²) in [6.45, 7) is 5.33. The number of hydrogen-bond donors (Lipinski definition) is 1. The first kappa shape index (κ1) is 16.5. The van der Waals surface area contributed by atoms with Gasteiger partial charge in [0.2, 0.25) is 0 Å². The summed E-state index contributed by atoms with van der Waals surface area (Å²) in [7, 11) is 0. The Kier molecular flexibility index (Phi) is 5.33. The number of rotatable bonds is 4. The Bertz CT molecular complexity index is 523. The number of nitrogens with zero attached hydrogens (tertiary/aromatic N) is 3. The normalized spacial score (nSPS) is 24.1. The van der Waals surface area contributed by atoms with E-state index in [2.05, 4.69) is 17.0 Å². The van der Waals surface area contributed by atoms with E-state index in [1.165, 1.54) is 6.42 Å². The van der Waals surface area contributed by atoms with Gasteiger partial charge in [-0.2, -0.15) is 0 Å². The zero-order valence-electron chi connectivity index (χ0n) is 13.9. The van der Waals surface area contributed by atoms with Crippen LogP contribution in [-0.4, -0.2) is 57.8 Å². The summed E-state index contributed by atoms with van der Waals surface area (Å²) in [6, 6.07) is 2.12. The average Bonchev–Trinajstić information content (AvgIpc) is 3.05. The molecular weight excluding hydrogens is 294 g/mol. The van der Waals surface area contributed by atoms with Crippen molar-refractivity contribution in [3.8, 4) is 0 Å². The molecule has 0 saturated carbocycles. The predicted octanol–water partition coefficient (Wildman–Crippen LogP) is 2.04. The van der Waals surface area contributed by atoms with E-state index in [-0.39, 0.29) is 12.0 Å². The van der Waals surface area contributed by atoms with E-state index >= 15 is 0 Å². The molecular formula is C17H27N3O3. The molecule has 0 aliphatic carbocycles. The maximum absolute atomic E-state index is 12.7. The lowest BCUT2D eigenvalue weighted by atomic mass is 9.99. The lowest BCUT2D eigenvalue weighted by molar-refractivity contribution is 0.0596. The predicted molar refractivity (Wildman–Crippen MR) is 86.0 cm³/mol. The van der Waals surface area contributed by atoms with Gasteiger partial charge in [0.25, 0.3) is 5.91 Å². The Morgan fingerprint density at radius 2 is 2.09 bits per heavy atom. The van der Waals surface area contributed by atoms with Crippen LogP contribution >= 0.6 is 0 Å². The number of aliphatic hydroxyl groups excluding tert-OH is 1. The van der Waals surface area contributed by atoms with E-state index in [4.69, 9.17) is 4.52 Å². The van der Waals surface area contributed by atoms with Crippen LogP contribution < -0.4 is 0 Å². The van der Waals surface area contributed by atoms with Gasteiger partial charge in [-0.3, -0.25) is 9.69 Å². The molecule has 0 spiro atoms. The van der Waals surface area contributed by atoms with Crippen LogP contribution in [0.1, 0.15) is 61.7 Å². The fraction of sp³-hybridized carbons (Fsp3) is 0.765. The molecule has 0 aromatic carbocycles. The smallest absolute Gasteiger partial charge is 0.276 e. The molecule has 1 aromatic rings. The van der Waals surface area contributed by atoms with Gasteiger partial charge in [-0.25, -0.2) is 0 Å². The molecule has 0 radical (unpaired) electrons. The highest BCUT2D eigenvalue weighted by Gasteiger charge is 2.28. The Morgan fingerprint density at radius 1 is 1.30 bits per heavy atom. The second kappa shape index (κ2) is 7.45. The molecule has 23 heavy (non-hydrogen) atoms. The molecule has 6 nitrogen and oxygen atoms in total. The number of piperidine rings is 2. The van der Waals surface area contributed by atoms with E-state index < -0.39 is 0 Å². The minimum Gasteiger partial charge on any atom is -0.393 e. The van der Waals surface area contributed by atoms with Crippen LogP contribution in [0.25, 0.3) is 0 Å². The minimum atomic E-state index is -0.178. The van der Waals surface area contributed by atoms with Gasteiger partial charge in [-0.1, -0.05) is 12.1 Å². The van der Waals surface area contributed by atoms with Gasteiger partial charge in [-0.15, -0.1) is 0 Å². The molecule has 3 heterocycles. The van der Waals surface area contributed by atoms with Gasteiger partial charge in [0.1, 0.15) is 0 Å². The Balaban J connectivity index is 1.60. The summed E-state index contributed by atoms with van der Waals surface area (Å²) < 4.78 is 5.37. The second-order valence-electron chi connectivity index (χ2n) is 6.74. The van der Waals surface area contributed by atoms with Crippen LogP contribution in [0.15, 0.2) is 10.6 Å². The quantitative estimate of drug-likeness (QED) is 0.919. The van der Waals surface area contributed by atoms with Crippen molar-refractivity contribution in [3.63, 3.8) is 0 Å². The van der Waals surface area contributed by atoms with Crippen molar-refractivity contribution in [2.75, 3.05) is 19.6 Å². The molecule has 0 unspecified atom stereocenters. The van der Waals surface area contributed by atoms with Gasteiger partial charge in [0, 0.05) is 31.7 Å². The van der Waals surface area contributed by atoms with E-state index in [0.717, 1.165) is 57.5 Å². The molecule has 6 heteroatoms. The Morgan fingerprint density at radius 3 is 2.83 bits per heavy atom. The van der Waals surface area contributed by atoms with Crippen LogP contribution in [-0.2, 0) is 6.54 Å². The summed E-state index contributed by atoms with van der Waals surface area (Å²) in [5.41, 5.74) is 0.428. The van der Waals surface area contributed by atoms with Gasteiger partial charge in [0.05, 0.1) is 12.6 Å². The summed E-state index contributed by atoms with van der Waals surface area (Å²) in [6.07, 6.45) is 5.77. The third-order valence-corrected chi connectivity index (χ3v) is 5.07. The highest BCUT2D eigenvalue weighted by molar-refractivity contribution is 5.92. The fourth-order valence-electron chi connectivity index (χ4n) is 3.63. The van der Waals surface area contributed by atoms with Crippen molar-refractivity contribution in [1.29, 1.82) is 0 Å². The van der Waals surface area contributed by atoms with Gasteiger partial charge < -0.3 is 14.5 Å². The van der Waals surface area contributed by atoms with Crippen LogP contribution in [0, 0.1) is 0 Å². The van der Waals surface area contributed by atoms with E-state index in [1.807, 2.05) is 4.90 Å². The fourth-order valence-corrected chi connectivity index (χ4v) is 3.63.